The van der Waals surface area contributed by atoms with Crippen LogP contribution in [0.15, 0.2) is 0 Å². The van der Waals surface area contributed by atoms with E-state index in [4.69, 9.17) is 5.73 Å². The van der Waals surface area contributed by atoms with Gasteiger partial charge in [-0.3, -0.25) is 0 Å². The standard InChI is InChI=1S/C14H26N6/c1-4-20(5-2)14-18-12(15)17-13(19-14)16-11-9-7-6-8-10(11)3/h10-11H,4-9H2,1-3H3,(H3,15,16,17,18,19). The van der Waals surface area contributed by atoms with Gasteiger partial charge in [-0.15, -0.1) is 0 Å². The number of aromatic nitrogens is 3. The van der Waals surface area contributed by atoms with Crippen LogP contribution in [0.4, 0.5) is 17.8 Å². The van der Waals surface area contributed by atoms with E-state index in [1.165, 1.54) is 25.7 Å². The first kappa shape index (κ1) is 14.8. The fourth-order valence-electron chi connectivity index (χ4n) is 2.79. The Labute approximate surface area is 121 Å². The number of nitrogens with zero attached hydrogens (tertiary/aromatic N) is 4. The highest BCUT2D eigenvalue weighted by Gasteiger charge is 2.22. The third-order valence-corrected chi connectivity index (χ3v) is 4.11. The van der Waals surface area contributed by atoms with Crippen molar-refractivity contribution in [3.05, 3.63) is 0 Å². The molecular weight excluding hydrogens is 252 g/mol. The number of rotatable bonds is 5. The Morgan fingerprint density at radius 1 is 1.15 bits per heavy atom. The molecule has 0 aliphatic heterocycles. The normalized spacial score (nSPS) is 22.6. The van der Waals surface area contributed by atoms with Crippen molar-refractivity contribution in [2.75, 3.05) is 29.0 Å². The fourth-order valence-corrected chi connectivity index (χ4v) is 2.79. The molecule has 1 saturated carbocycles. The van der Waals surface area contributed by atoms with Gasteiger partial charge in [0.25, 0.3) is 0 Å². The second kappa shape index (κ2) is 6.72. The van der Waals surface area contributed by atoms with Crippen LogP contribution >= 0.6 is 0 Å². The zero-order chi connectivity index (χ0) is 14.5. The third-order valence-electron chi connectivity index (χ3n) is 4.11. The maximum Gasteiger partial charge on any atom is 0.231 e. The summed E-state index contributed by atoms with van der Waals surface area (Å²) in [6.07, 6.45) is 5.03. The predicted molar refractivity (Wildman–Crippen MR) is 82.8 cm³/mol. The largest absolute Gasteiger partial charge is 0.368 e. The summed E-state index contributed by atoms with van der Waals surface area (Å²) in [7, 11) is 0. The molecule has 2 unspecified atom stereocenters. The summed E-state index contributed by atoms with van der Waals surface area (Å²) in [6.45, 7) is 8.17. The molecule has 3 N–H and O–H groups in total. The van der Waals surface area contributed by atoms with Gasteiger partial charge in [0.15, 0.2) is 0 Å². The van der Waals surface area contributed by atoms with Gasteiger partial charge in [-0.05, 0) is 32.6 Å². The molecule has 0 aromatic carbocycles. The molecule has 0 radical (unpaired) electrons. The topological polar surface area (TPSA) is 80.0 Å². The van der Waals surface area contributed by atoms with E-state index in [0.717, 1.165) is 13.1 Å². The Balaban J connectivity index is 2.14. The van der Waals surface area contributed by atoms with E-state index in [1.807, 2.05) is 0 Å². The van der Waals surface area contributed by atoms with Crippen molar-refractivity contribution in [2.24, 2.45) is 5.92 Å². The molecule has 0 amide bonds. The SMILES string of the molecule is CCN(CC)c1nc(N)nc(NC2CCCCC2C)n1. The Morgan fingerprint density at radius 3 is 2.50 bits per heavy atom. The minimum Gasteiger partial charge on any atom is -0.368 e. The van der Waals surface area contributed by atoms with Crippen molar-refractivity contribution in [1.29, 1.82) is 0 Å². The molecule has 0 spiro atoms. The molecule has 1 aromatic rings. The van der Waals surface area contributed by atoms with E-state index < -0.39 is 0 Å². The minimum absolute atomic E-state index is 0.285. The molecule has 2 rings (SSSR count). The summed E-state index contributed by atoms with van der Waals surface area (Å²) in [5.74, 6) is 2.21. The smallest absolute Gasteiger partial charge is 0.231 e. The summed E-state index contributed by atoms with van der Waals surface area (Å²) >= 11 is 0. The van der Waals surface area contributed by atoms with Crippen molar-refractivity contribution in [1.82, 2.24) is 15.0 Å². The van der Waals surface area contributed by atoms with Gasteiger partial charge < -0.3 is 16.0 Å². The zero-order valence-corrected chi connectivity index (χ0v) is 12.8. The van der Waals surface area contributed by atoms with Crippen LogP contribution in [0.3, 0.4) is 0 Å². The van der Waals surface area contributed by atoms with Gasteiger partial charge in [0.1, 0.15) is 0 Å². The van der Waals surface area contributed by atoms with Crippen molar-refractivity contribution in [2.45, 2.75) is 52.5 Å². The predicted octanol–water partition coefficient (Wildman–Crippen LogP) is 2.29. The van der Waals surface area contributed by atoms with E-state index in [0.29, 0.717) is 23.9 Å². The summed E-state index contributed by atoms with van der Waals surface area (Å²) in [4.78, 5) is 15.1. The molecule has 1 aliphatic rings. The first-order valence-electron chi connectivity index (χ1n) is 7.67. The number of hydrogen-bond donors (Lipinski definition) is 2. The number of anilines is 3. The lowest BCUT2D eigenvalue weighted by Crippen LogP contribution is -2.32. The molecule has 1 heterocycles. The summed E-state index contributed by atoms with van der Waals surface area (Å²) < 4.78 is 0. The summed E-state index contributed by atoms with van der Waals surface area (Å²) in [5, 5.41) is 3.45. The summed E-state index contributed by atoms with van der Waals surface area (Å²) in [6, 6.07) is 0.440. The van der Waals surface area contributed by atoms with Gasteiger partial charge in [0.05, 0.1) is 0 Å². The minimum atomic E-state index is 0.285. The maximum atomic E-state index is 5.82. The molecule has 6 heteroatoms. The van der Waals surface area contributed by atoms with Gasteiger partial charge in [0, 0.05) is 19.1 Å². The molecular formula is C14H26N6. The lowest BCUT2D eigenvalue weighted by molar-refractivity contribution is 0.348. The van der Waals surface area contributed by atoms with Crippen molar-refractivity contribution in [3.63, 3.8) is 0 Å². The monoisotopic (exact) mass is 278 g/mol. The van der Waals surface area contributed by atoms with Gasteiger partial charge >= 0.3 is 0 Å². The average Bonchev–Trinajstić information content (AvgIpc) is 2.42. The Hall–Kier alpha value is -1.59. The van der Waals surface area contributed by atoms with Gasteiger partial charge in [-0.2, -0.15) is 15.0 Å². The van der Waals surface area contributed by atoms with Crippen LogP contribution in [-0.2, 0) is 0 Å². The van der Waals surface area contributed by atoms with Crippen molar-refractivity contribution < 1.29 is 0 Å². The first-order chi connectivity index (χ1) is 9.63. The Bertz CT molecular complexity index is 432. The highest BCUT2D eigenvalue weighted by molar-refractivity contribution is 5.42. The molecule has 0 saturated heterocycles. The van der Waals surface area contributed by atoms with Crippen LogP contribution in [-0.4, -0.2) is 34.1 Å². The van der Waals surface area contributed by atoms with E-state index in [9.17, 15) is 0 Å². The summed E-state index contributed by atoms with van der Waals surface area (Å²) in [5.41, 5.74) is 5.82. The average molecular weight is 278 g/mol. The second-order valence-corrected chi connectivity index (χ2v) is 5.50. The lowest BCUT2D eigenvalue weighted by Gasteiger charge is -2.29. The zero-order valence-electron chi connectivity index (χ0n) is 12.8. The highest BCUT2D eigenvalue weighted by atomic mass is 15.3. The molecule has 112 valence electrons. The van der Waals surface area contributed by atoms with Gasteiger partial charge in [-0.1, -0.05) is 19.8 Å². The highest BCUT2D eigenvalue weighted by Crippen LogP contribution is 2.26. The Kier molecular flexibility index (Phi) is 4.98. The second-order valence-electron chi connectivity index (χ2n) is 5.50. The van der Waals surface area contributed by atoms with E-state index >= 15 is 0 Å². The van der Waals surface area contributed by atoms with Crippen LogP contribution in [0, 0.1) is 5.92 Å². The van der Waals surface area contributed by atoms with E-state index in [-0.39, 0.29) is 5.95 Å². The molecule has 1 fully saturated rings. The number of nitrogens with one attached hydrogen (secondary N) is 1. The maximum absolute atomic E-state index is 5.82. The van der Waals surface area contributed by atoms with Crippen LogP contribution in [0.1, 0.15) is 46.5 Å². The number of nitrogen functional groups attached to an aromatic ring is 1. The van der Waals surface area contributed by atoms with E-state index in [1.54, 1.807) is 0 Å². The Morgan fingerprint density at radius 2 is 1.85 bits per heavy atom. The van der Waals surface area contributed by atoms with Crippen molar-refractivity contribution >= 4 is 17.8 Å². The van der Waals surface area contributed by atoms with Gasteiger partial charge in [-0.25, -0.2) is 0 Å². The number of nitrogens with two attached hydrogens (primary N) is 1. The molecule has 1 aliphatic carbocycles. The fraction of sp³-hybridized carbons (Fsp3) is 0.786. The van der Waals surface area contributed by atoms with Crippen LogP contribution in [0.5, 0.6) is 0 Å². The van der Waals surface area contributed by atoms with E-state index in [2.05, 4.69) is 45.9 Å². The molecule has 20 heavy (non-hydrogen) atoms. The van der Waals surface area contributed by atoms with Crippen LogP contribution in [0.25, 0.3) is 0 Å². The lowest BCUT2D eigenvalue weighted by atomic mass is 9.86. The van der Waals surface area contributed by atoms with Crippen molar-refractivity contribution in [3.8, 4) is 0 Å². The first-order valence-corrected chi connectivity index (χ1v) is 7.67. The third kappa shape index (κ3) is 3.49. The quantitative estimate of drug-likeness (QED) is 0.860. The molecule has 0 bridgehead atoms. The van der Waals surface area contributed by atoms with Gasteiger partial charge in [0.2, 0.25) is 17.8 Å². The molecule has 2 atom stereocenters. The van der Waals surface area contributed by atoms with Crippen LogP contribution < -0.4 is 16.0 Å². The van der Waals surface area contributed by atoms with Crippen LogP contribution in [0.2, 0.25) is 0 Å². The molecule has 1 aromatic heterocycles. The molecule has 6 nitrogen and oxygen atoms in total. The number of hydrogen-bond acceptors (Lipinski definition) is 6.